The third kappa shape index (κ3) is 5.93. The Bertz CT molecular complexity index is 307. The molecule has 20 heavy (non-hydrogen) atoms. The van der Waals surface area contributed by atoms with E-state index in [1.165, 1.54) is 12.8 Å². The van der Waals surface area contributed by atoms with E-state index < -0.39 is 11.4 Å². The lowest BCUT2D eigenvalue weighted by Crippen LogP contribution is -2.30. The van der Waals surface area contributed by atoms with Crippen molar-refractivity contribution < 1.29 is 14.7 Å². The van der Waals surface area contributed by atoms with Gasteiger partial charge in [-0.05, 0) is 25.7 Å². The van der Waals surface area contributed by atoms with Gasteiger partial charge in [0.15, 0.2) is 0 Å². The van der Waals surface area contributed by atoms with Gasteiger partial charge in [-0.15, -0.1) is 0 Å². The summed E-state index contributed by atoms with van der Waals surface area (Å²) in [6.07, 6.45) is 12.5. The number of rotatable bonds is 9. The first-order valence-electron chi connectivity index (χ1n) is 8.08. The molecule has 1 fully saturated rings. The molecule has 0 heterocycles. The summed E-state index contributed by atoms with van der Waals surface area (Å²) in [5.74, 6) is -0.818. The SMILES string of the molecule is NC(=O)CCCCCCCC1(C(=O)O)CCCCCC1. The normalized spacial score (nSPS) is 18.4. The average Bonchev–Trinajstić information content (AvgIpc) is 2.64. The van der Waals surface area contributed by atoms with Crippen molar-refractivity contribution in [1.29, 1.82) is 0 Å². The van der Waals surface area contributed by atoms with Gasteiger partial charge in [-0.1, -0.05) is 51.4 Å². The molecule has 1 amide bonds. The predicted molar refractivity (Wildman–Crippen MR) is 79.3 cm³/mol. The Morgan fingerprint density at radius 2 is 1.45 bits per heavy atom. The number of unbranched alkanes of at least 4 members (excludes halogenated alkanes) is 4. The van der Waals surface area contributed by atoms with E-state index in [1.54, 1.807) is 0 Å². The molecule has 1 saturated carbocycles. The Morgan fingerprint density at radius 1 is 0.900 bits per heavy atom. The molecule has 116 valence electrons. The van der Waals surface area contributed by atoms with Gasteiger partial charge in [0.1, 0.15) is 0 Å². The van der Waals surface area contributed by atoms with Crippen molar-refractivity contribution in [2.75, 3.05) is 0 Å². The van der Waals surface area contributed by atoms with Crippen LogP contribution in [0.4, 0.5) is 0 Å². The first-order valence-corrected chi connectivity index (χ1v) is 8.08. The molecule has 0 aromatic heterocycles. The molecule has 1 rings (SSSR count). The van der Waals surface area contributed by atoms with Crippen LogP contribution in [0.1, 0.15) is 83.5 Å². The highest BCUT2D eigenvalue weighted by molar-refractivity contribution is 5.74. The molecule has 4 nitrogen and oxygen atoms in total. The van der Waals surface area contributed by atoms with Gasteiger partial charge >= 0.3 is 5.97 Å². The van der Waals surface area contributed by atoms with E-state index in [1.807, 2.05) is 0 Å². The molecule has 0 spiro atoms. The highest BCUT2D eigenvalue weighted by atomic mass is 16.4. The number of nitrogens with two attached hydrogens (primary N) is 1. The molecule has 1 aliphatic rings. The van der Waals surface area contributed by atoms with E-state index in [0.717, 1.165) is 64.2 Å². The minimum absolute atomic E-state index is 0.228. The Balaban J connectivity index is 2.22. The predicted octanol–water partition coefficient (Wildman–Crippen LogP) is 3.63. The van der Waals surface area contributed by atoms with Crippen LogP contribution in [0.25, 0.3) is 0 Å². The lowest BCUT2D eigenvalue weighted by molar-refractivity contribution is -0.150. The third-order valence-electron chi connectivity index (χ3n) is 4.59. The highest BCUT2D eigenvalue weighted by Gasteiger charge is 2.37. The lowest BCUT2D eigenvalue weighted by Gasteiger charge is -2.28. The fraction of sp³-hybridized carbons (Fsp3) is 0.875. The Labute approximate surface area is 122 Å². The maximum absolute atomic E-state index is 11.6. The van der Waals surface area contributed by atoms with Crippen LogP contribution in [0.5, 0.6) is 0 Å². The Kier molecular flexibility index (Phi) is 7.63. The van der Waals surface area contributed by atoms with Crippen molar-refractivity contribution in [3.63, 3.8) is 0 Å². The molecule has 0 radical (unpaired) electrons. The summed E-state index contributed by atoms with van der Waals surface area (Å²) in [5, 5.41) is 9.56. The molecule has 0 aromatic rings. The first kappa shape index (κ1) is 17.0. The Morgan fingerprint density at radius 3 is 2.00 bits per heavy atom. The summed E-state index contributed by atoms with van der Waals surface area (Å²) >= 11 is 0. The standard InChI is InChI=1S/C16H29NO3/c17-14(18)10-6-2-1-3-7-11-16(15(19)20)12-8-4-5-9-13-16/h1-13H2,(H2,17,18)(H,19,20). The van der Waals surface area contributed by atoms with Crippen LogP contribution in [0, 0.1) is 5.41 Å². The van der Waals surface area contributed by atoms with Gasteiger partial charge in [0, 0.05) is 6.42 Å². The molecule has 1 aliphatic carbocycles. The van der Waals surface area contributed by atoms with Gasteiger partial charge < -0.3 is 10.8 Å². The zero-order valence-corrected chi connectivity index (χ0v) is 12.5. The summed E-state index contributed by atoms with van der Waals surface area (Å²) in [6, 6.07) is 0. The van der Waals surface area contributed by atoms with Crippen LogP contribution >= 0.6 is 0 Å². The number of aliphatic carboxylic acids is 1. The quantitative estimate of drug-likeness (QED) is 0.501. The highest BCUT2D eigenvalue weighted by Crippen LogP contribution is 2.39. The maximum Gasteiger partial charge on any atom is 0.309 e. The number of hydrogen-bond acceptors (Lipinski definition) is 2. The van der Waals surface area contributed by atoms with Gasteiger partial charge in [-0.2, -0.15) is 0 Å². The molecule has 0 aromatic carbocycles. The summed E-state index contributed by atoms with van der Waals surface area (Å²) in [5.41, 5.74) is 4.64. The van der Waals surface area contributed by atoms with Gasteiger partial charge in [-0.3, -0.25) is 9.59 Å². The lowest BCUT2D eigenvalue weighted by atomic mass is 9.76. The molecule has 0 aliphatic heterocycles. The summed E-state index contributed by atoms with van der Waals surface area (Å²) in [4.78, 5) is 22.2. The van der Waals surface area contributed by atoms with Crippen LogP contribution in [0.3, 0.4) is 0 Å². The molecule has 0 saturated heterocycles. The zero-order chi connectivity index (χ0) is 14.8. The average molecular weight is 283 g/mol. The van der Waals surface area contributed by atoms with Crippen molar-refractivity contribution in [2.45, 2.75) is 83.5 Å². The minimum Gasteiger partial charge on any atom is -0.481 e. The fourth-order valence-electron chi connectivity index (χ4n) is 3.27. The monoisotopic (exact) mass is 283 g/mol. The van der Waals surface area contributed by atoms with Crippen LogP contribution in [-0.4, -0.2) is 17.0 Å². The largest absolute Gasteiger partial charge is 0.481 e. The molecule has 0 unspecified atom stereocenters. The number of carbonyl (C=O) groups excluding carboxylic acids is 1. The van der Waals surface area contributed by atoms with Crippen LogP contribution in [0.15, 0.2) is 0 Å². The van der Waals surface area contributed by atoms with E-state index in [0.29, 0.717) is 6.42 Å². The molecule has 3 N–H and O–H groups in total. The number of amides is 1. The molecular weight excluding hydrogens is 254 g/mol. The van der Waals surface area contributed by atoms with Gasteiger partial charge in [0.25, 0.3) is 0 Å². The minimum atomic E-state index is -0.590. The number of carbonyl (C=O) groups is 2. The topological polar surface area (TPSA) is 80.4 Å². The number of primary amides is 1. The van der Waals surface area contributed by atoms with Gasteiger partial charge in [0.05, 0.1) is 5.41 Å². The van der Waals surface area contributed by atoms with Crippen molar-refractivity contribution in [2.24, 2.45) is 11.1 Å². The summed E-state index contributed by atoms with van der Waals surface area (Å²) < 4.78 is 0. The van der Waals surface area contributed by atoms with Crippen molar-refractivity contribution in [3.8, 4) is 0 Å². The van der Waals surface area contributed by atoms with Crippen LogP contribution in [0.2, 0.25) is 0 Å². The number of hydrogen-bond donors (Lipinski definition) is 2. The Hall–Kier alpha value is -1.06. The van der Waals surface area contributed by atoms with Crippen LogP contribution in [-0.2, 0) is 9.59 Å². The van der Waals surface area contributed by atoms with Crippen LogP contribution < -0.4 is 5.73 Å². The van der Waals surface area contributed by atoms with E-state index in [2.05, 4.69) is 0 Å². The van der Waals surface area contributed by atoms with Gasteiger partial charge in [0.2, 0.25) is 5.91 Å². The smallest absolute Gasteiger partial charge is 0.309 e. The number of carboxylic acid groups (broad SMARTS) is 1. The molecule has 4 heteroatoms. The van der Waals surface area contributed by atoms with Gasteiger partial charge in [-0.25, -0.2) is 0 Å². The van der Waals surface area contributed by atoms with Crippen molar-refractivity contribution in [1.82, 2.24) is 0 Å². The third-order valence-corrected chi connectivity index (χ3v) is 4.59. The molecule has 0 bridgehead atoms. The second-order valence-electron chi connectivity index (χ2n) is 6.23. The van der Waals surface area contributed by atoms with E-state index in [-0.39, 0.29) is 5.91 Å². The fourth-order valence-corrected chi connectivity index (χ4v) is 3.27. The summed E-state index contributed by atoms with van der Waals surface area (Å²) in [6.45, 7) is 0. The van der Waals surface area contributed by atoms with Crippen molar-refractivity contribution in [3.05, 3.63) is 0 Å². The molecule has 0 atom stereocenters. The van der Waals surface area contributed by atoms with E-state index in [9.17, 15) is 14.7 Å². The van der Waals surface area contributed by atoms with E-state index in [4.69, 9.17) is 5.73 Å². The van der Waals surface area contributed by atoms with Crippen molar-refractivity contribution >= 4 is 11.9 Å². The summed E-state index contributed by atoms with van der Waals surface area (Å²) in [7, 11) is 0. The maximum atomic E-state index is 11.6. The van der Waals surface area contributed by atoms with E-state index >= 15 is 0 Å². The first-order chi connectivity index (χ1) is 9.57. The number of carboxylic acids is 1. The second kappa shape index (κ2) is 8.98. The zero-order valence-electron chi connectivity index (χ0n) is 12.5. The second-order valence-corrected chi connectivity index (χ2v) is 6.23. The molecular formula is C16H29NO3.